The molecular weight excluding hydrogens is 231 g/mol. The first kappa shape index (κ1) is 13.1. The van der Waals surface area contributed by atoms with Crippen LogP contribution < -0.4 is 0 Å². The number of carbonyl (C=O) groups is 1. The third-order valence-electron chi connectivity index (χ3n) is 3.75. The van der Waals surface area contributed by atoms with E-state index in [-0.39, 0.29) is 17.4 Å². The Balaban J connectivity index is 2.35. The molecule has 4 heteroatoms. The number of halogens is 1. The zero-order chi connectivity index (χ0) is 13.1. The van der Waals surface area contributed by atoms with Crippen LogP contribution in [0.15, 0.2) is 23.7 Å². The van der Waals surface area contributed by atoms with Gasteiger partial charge in [-0.3, -0.25) is 4.79 Å². The molecule has 2 rings (SSSR count). The van der Waals surface area contributed by atoms with E-state index in [1.54, 1.807) is 4.90 Å². The third kappa shape index (κ3) is 2.42. The molecule has 2 aliphatic rings. The fourth-order valence-corrected chi connectivity index (χ4v) is 2.59. The van der Waals surface area contributed by atoms with Crippen LogP contribution in [-0.2, 0) is 4.79 Å². The maximum absolute atomic E-state index is 14.4. The number of carbonyl (C=O) groups excluding carboxylic acids is 1. The number of hydrogen-bond donors (Lipinski definition) is 0. The lowest BCUT2D eigenvalue weighted by Crippen LogP contribution is -2.49. The van der Waals surface area contributed by atoms with Crippen LogP contribution in [0.5, 0.6) is 0 Å². The Kier molecular flexibility index (Phi) is 4.04. The molecular formula is C14H21FN2O. The molecule has 0 radical (unpaired) electrons. The number of allylic oxidation sites excluding steroid dienone is 2. The second-order valence-electron chi connectivity index (χ2n) is 4.95. The molecule has 2 heterocycles. The first-order chi connectivity index (χ1) is 8.65. The van der Waals surface area contributed by atoms with E-state index in [0.717, 1.165) is 32.4 Å². The molecule has 1 fully saturated rings. The van der Waals surface area contributed by atoms with Gasteiger partial charge in [0.05, 0.1) is 0 Å². The van der Waals surface area contributed by atoms with Gasteiger partial charge in [0.25, 0.3) is 5.91 Å². The van der Waals surface area contributed by atoms with E-state index in [9.17, 15) is 9.18 Å². The Bertz CT molecular complexity index is 389. The lowest BCUT2D eigenvalue weighted by atomic mass is 10.1. The standard InChI is InChI=1S/C14H21FN2O/c1-3-16-9-10-17-8-6-4-5-7-11(2)12(15)13(17)14(16)18/h2-10H2,1H3. The molecule has 0 aliphatic carbocycles. The van der Waals surface area contributed by atoms with Crippen LogP contribution in [0.3, 0.4) is 0 Å². The van der Waals surface area contributed by atoms with Crippen molar-refractivity contribution in [1.82, 2.24) is 9.80 Å². The van der Waals surface area contributed by atoms with Crippen LogP contribution in [0.1, 0.15) is 32.6 Å². The lowest BCUT2D eigenvalue weighted by molar-refractivity contribution is -0.131. The Labute approximate surface area is 108 Å². The molecule has 0 N–H and O–H groups in total. The Morgan fingerprint density at radius 2 is 2.00 bits per heavy atom. The molecule has 0 spiro atoms. The van der Waals surface area contributed by atoms with Gasteiger partial charge in [-0.2, -0.15) is 0 Å². The number of hydrogen-bond acceptors (Lipinski definition) is 2. The van der Waals surface area contributed by atoms with E-state index in [1.807, 2.05) is 11.8 Å². The van der Waals surface area contributed by atoms with Gasteiger partial charge in [-0.05, 0) is 31.8 Å². The molecule has 1 saturated heterocycles. The summed E-state index contributed by atoms with van der Waals surface area (Å²) < 4.78 is 14.4. The maximum atomic E-state index is 14.4. The number of nitrogens with zero attached hydrogens (tertiary/aromatic N) is 2. The highest BCUT2D eigenvalue weighted by Gasteiger charge is 2.32. The second kappa shape index (κ2) is 5.55. The highest BCUT2D eigenvalue weighted by atomic mass is 19.1. The van der Waals surface area contributed by atoms with E-state index >= 15 is 0 Å². The van der Waals surface area contributed by atoms with Gasteiger partial charge in [0.1, 0.15) is 5.70 Å². The van der Waals surface area contributed by atoms with Crippen molar-refractivity contribution >= 4 is 5.91 Å². The summed E-state index contributed by atoms with van der Waals surface area (Å²) in [6.07, 6.45) is 3.70. The molecule has 3 nitrogen and oxygen atoms in total. The molecule has 0 aromatic carbocycles. The molecule has 2 aliphatic heterocycles. The predicted molar refractivity (Wildman–Crippen MR) is 69.6 cm³/mol. The Morgan fingerprint density at radius 1 is 1.22 bits per heavy atom. The molecule has 0 aromatic heterocycles. The summed E-state index contributed by atoms with van der Waals surface area (Å²) in [5.74, 6) is -0.565. The topological polar surface area (TPSA) is 23.6 Å². The molecule has 0 aromatic rings. The quantitative estimate of drug-likeness (QED) is 0.715. The number of likely N-dealkylation sites (N-methyl/N-ethyl adjacent to an activating group) is 1. The van der Waals surface area contributed by atoms with Crippen molar-refractivity contribution in [1.29, 1.82) is 0 Å². The van der Waals surface area contributed by atoms with Crippen molar-refractivity contribution in [2.24, 2.45) is 0 Å². The smallest absolute Gasteiger partial charge is 0.273 e. The highest BCUT2D eigenvalue weighted by Crippen LogP contribution is 2.28. The molecule has 0 bridgehead atoms. The van der Waals surface area contributed by atoms with Crippen LogP contribution in [0.2, 0.25) is 0 Å². The van der Waals surface area contributed by atoms with Crippen LogP contribution in [0.25, 0.3) is 0 Å². The second-order valence-corrected chi connectivity index (χ2v) is 4.95. The van der Waals surface area contributed by atoms with Crippen LogP contribution in [0, 0.1) is 0 Å². The average molecular weight is 252 g/mol. The van der Waals surface area contributed by atoms with Crippen molar-refractivity contribution in [3.63, 3.8) is 0 Å². The van der Waals surface area contributed by atoms with Crippen molar-refractivity contribution in [2.45, 2.75) is 32.6 Å². The zero-order valence-electron chi connectivity index (χ0n) is 11.0. The zero-order valence-corrected chi connectivity index (χ0v) is 11.0. The van der Waals surface area contributed by atoms with Crippen molar-refractivity contribution in [2.75, 3.05) is 26.2 Å². The Morgan fingerprint density at radius 3 is 2.72 bits per heavy atom. The first-order valence-corrected chi connectivity index (χ1v) is 6.77. The number of fused-ring (bicyclic) bond motifs is 1. The Hall–Kier alpha value is -1.32. The van der Waals surface area contributed by atoms with Crippen molar-refractivity contribution < 1.29 is 9.18 Å². The molecule has 0 unspecified atom stereocenters. The fourth-order valence-electron chi connectivity index (χ4n) is 2.59. The summed E-state index contributed by atoms with van der Waals surface area (Å²) in [5, 5.41) is 0. The minimum absolute atomic E-state index is 0.177. The summed E-state index contributed by atoms with van der Waals surface area (Å²) in [5.41, 5.74) is 0.721. The van der Waals surface area contributed by atoms with Gasteiger partial charge < -0.3 is 9.80 Å². The van der Waals surface area contributed by atoms with Gasteiger partial charge in [0.15, 0.2) is 5.83 Å². The normalized spacial score (nSPS) is 22.6. The van der Waals surface area contributed by atoms with E-state index in [4.69, 9.17) is 0 Å². The third-order valence-corrected chi connectivity index (χ3v) is 3.75. The van der Waals surface area contributed by atoms with Crippen LogP contribution in [-0.4, -0.2) is 41.9 Å². The summed E-state index contributed by atoms with van der Waals surface area (Å²) in [7, 11) is 0. The number of rotatable bonds is 1. The average Bonchev–Trinajstić information content (AvgIpc) is 2.43. The van der Waals surface area contributed by atoms with Crippen molar-refractivity contribution in [3.8, 4) is 0 Å². The highest BCUT2D eigenvalue weighted by molar-refractivity contribution is 5.94. The summed E-state index contributed by atoms with van der Waals surface area (Å²) in [6, 6.07) is 0. The van der Waals surface area contributed by atoms with Gasteiger partial charge in [-0.1, -0.05) is 13.0 Å². The van der Waals surface area contributed by atoms with Gasteiger partial charge in [0.2, 0.25) is 0 Å². The van der Waals surface area contributed by atoms with Gasteiger partial charge in [0, 0.05) is 26.2 Å². The monoisotopic (exact) mass is 252 g/mol. The van der Waals surface area contributed by atoms with E-state index < -0.39 is 0 Å². The minimum atomic E-state index is -0.389. The fraction of sp³-hybridized carbons (Fsp3) is 0.643. The van der Waals surface area contributed by atoms with Crippen LogP contribution >= 0.6 is 0 Å². The molecule has 18 heavy (non-hydrogen) atoms. The van der Waals surface area contributed by atoms with Crippen molar-refractivity contribution in [3.05, 3.63) is 23.7 Å². The number of amides is 1. The van der Waals surface area contributed by atoms with Gasteiger partial charge >= 0.3 is 0 Å². The summed E-state index contributed by atoms with van der Waals surface area (Å²) >= 11 is 0. The minimum Gasteiger partial charge on any atom is -0.363 e. The summed E-state index contributed by atoms with van der Waals surface area (Å²) in [6.45, 7) is 8.55. The maximum Gasteiger partial charge on any atom is 0.273 e. The first-order valence-electron chi connectivity index (χ1n) is 6.77. The van der Waals surface area contributed by atoms with Gasteiger partial charge in [-0.15, -0.1) is 0 Å². The molecule has 100 valence electrons. The SMILES string of the molecule is C=C1CCCCCN2CCN(CC)C(=O)C2=C1F. The van der Waals surface area contributed by atoms with E-state index in [2.05, 4.69) is 6.58 Å². The largest absolute Gasteiger partial charge is 0.363 e. The van der Waals surface area contributed by atoms with E-state index in [1.165, 1.54) is 0 Å². The van der Waals surface area contributed by atoms with E-state index in [0.29, 0.717) is 25.1 Å². The van der Waals surface area contributed by atoms with Gasteiger partial charge in [-0.25, -0.2) is 4.39 Å². The molecule has 1 amide bonds. The predicted octanol–water partition coefficient (Wildman–Crippen LogP) is 2.46. The lowest BCUT2D eigenvalue weighted by Gasteiger charge is -2.37. The molecule has 0 atom stereocenters. The van der Waals surface area contributed by atoms with Crippen LogP contribution in [0.4, 0.5) is 4.39 Å². The molecule has 0 saturated carbocycles. The summed E-state index contributed by atoms with van der Waals surface area (Å²) in [4.78, 5) is 15.9. The number of piperazine rings is 1.